The predicted octanol–water partition coefficient (Wildman–Crippen LogP) is 3.95. The van der Waals surface area contributed by atoms with Gasteiger partial charge in [-0.3, -0.25) is 4.79 Å². The molecule has 0 aliphatic carbocycles. The summed E-state index contributed by atoms with van der Waals surface area (Å²) in [4.78, 5) is 11.7. The van der Waals surface area contributed by atoms with Crippen LogP contribution in [0, 0.1) is 5.82 Å². The number of carbonyl (C=O) groups is 1. The summed E-state index contributed by atoms with van der Waals surface area (Å²) in [6, 6.07) is 11.1. The van der Waals surface area contributed by atoms with E-state index < -0.39 is 11.6 Å². The van der Waals surface area contributed by atoms with Crippen LogP contribution in [0.5, 0.6) is 5.75 Å². The number of phenolic OH excluding ortho intramolecular Hbond substituents is 1. The van der Waals surface area contributed by atoms with Gasteiger partial charge in [-0.05, 0) is 42.0 Å². The topological polar surface area (TPSA) is 49.3 Å². The Morgan fingerprint density at radius 2 is 2.05 bits per heavy atom. The molecular formula is C15H11BrFNO2. The molecule has 0 unspecified atom stereocenters. The standard InChI is InChI=1S/C15H11BrFNO2/c16-11-2-1-3-12(9-11)18-15(20)7-5-10-4-6-13(17)14(19)8-10/h1-9,19H,(H,18,20). The predicted molar refractivity (Wildman–Crippen MR) is 79.9 cm³/mol. The van der Waals surface area contributed by atoms with Crippen molar-refractivity contribution >= 4 is 33.6 Å². The normalized spacial score (nSPS) is 10.7. The minimum Gasteiger partial charge on any atom is -0.505 e. The van der Waals surface area contributed by atoms with Crippen LogP contribution in [0.25, 0.3) is 6.08 Å². The molecule has 0 saturated heterocycles. The number of aromatic hydroxyl groups is 1. The van der Waals surface area contributed by atoms with Gasteiger partial charge in [0.25, 0.3) is 0 Å². The Labute approximate surface area is 123 Å². The highest BCUT2D eigenvalue weighted by atomic mass is 79.9. The number of halogens is 2. The van der Waals surface area contributed by atoms with Crippen LogP contribution >= 0.6 is 15.9 Å². The third kappa shape index (κ3) is 3.93. The van der Waals surface area contributed by atoms with Crippen LogP contribution < -0.4 is 5.32 Å². The summed E-state index contributed by atoms with van der Waals surface area (Å²) in [5, 5.41) is 11.9. The second-order valence-electron chi connectivity index (χ2n) is 4.04. The van der Waals surface area contributed by atoms with Crippen molar-refractivity contribution in [2.75, 3.05) is 5.32 Å². The molecule has 20 heavy (non-hydrogen) atoms. The van der Waals surface area contributed by atoms with Gasteiger partial charge in [0.05, 0.1) is 0 Å². The summed E-state index contributed by atoms with van der Waals surface area (Å²) in [5.41, 5.74) is 1.20. The lowest BCUT2D eigenvalue weighted by Gasteiger charge is -2.02. The number of phenols is 1. The highest BCUT2D eigenvalue weighted by Gasteiger charge is 2.01. The minimum atomic E-state index is -0.694. The first-order valence-electron chi connectivity index (χ1n) is 5.78. The monoisotopic (exact) mass is 335 g/mol. The second kappa shape index (κ2) is 6.34. The Balaban J connectivity index is 2.03. The highest BCUT2D eigenvalue weighted by Crippen LogP contribution is 2.18. The van der Waals surface area contributed by atoms with Crippen molar-refractivity contribution in [2.45, 2.75) is 0 Å². The molecule has 1 amide bonds. The van der Waals surface area contributed by atoms with Crippen molar-refractivity contribution in [2.24, 2.45) is 0 Å². The number of nitrogens with one attached hydrogen (secondary N) is 1. The van der Waals surface area contributed by atoms with E-state index in [0.717, 1.165) is 10.5 Å². The number of hydrogen-bond donors (Lipinski definition) is 2. The van der Waals surface area contributed by atoms with E-state index in [2.05, 4.69) is 21.2 Å². The van der Waals surface area contributed by atoms with Crippen LogP contribution in [0.15, 0.2) is 53.0 Å². The molecule has 0 atom stereocenters. The summed E-state index contributed by atoms with van der Waals surface area (Å²) in [6.07, 6.45) is 2.81. The Morgan fingerprint density at radius 3 is 2.75 bits per heavy atom. The smallest absolute Gasteiger partial charge is 0.248 e. The van der Waals surface area contributed by atoms with Crippen LogP contribution in [0.1, 0.15) is 5.56 Å². The minimum absolute atomic E-state index is 0.313. The number of anilines is 1. The number of hydrogen-bond acceptors (Lipinski definition) is 2. The molecular weight excluding hydrogens is 325 g/mol. The molecule has 0 aliphatic rings. The van der Waals surface area contributed by atoms with E-state index in [1.165, 1.54) is 24.3 Å². The SMILES string of the molecule is O=C(C=Cc1ccc(F)c(O)c1)Nc1cccc(Br)c1. The van der Waals surface area contributed by atoms with Gasteiger partial charge in [0.15, 0.2) is 11.6 Å². The number of rotatable bonds is 3. The second-order valence-corrected chi connectivity index (χ2v) is 4.96. The summed E-state index contributed by atoms with van der Waals surface area (Å²) in [5.74, 6) is -1.45. The fraction of sp³-hybridized carbons (Fsp3) is 0. The van der Waals surface area contributed by atoms with E-state index >= 15 is 0 Å². The first kappa shape index (κ1) is 14.3. The van der Waals surface area contributed by atoms with Gasteiger partial charge in [0.2, 0.25) is 5.91 Å². The fourth-order valence-corrected chi connectivity index (χ4v) is 1.95. The van der Waals surface area contributed by atoms with Crippen LogP contribution in [-0.2, 0) is 4.79 Å². The zero-order chi connectivity index (χ0) is 14.5. The Bertz CT molecular complexity index is 671. The van der Waals surface area contributed by atoms with Crippen molar-refractivity contribution in [3.63, 3.8) is 0 Å². The van der Waals surface area contributed by atoms with Gasteiger partial charge in [-0.15, -0.1) is 0 Å². The van der Waals surface area contributed by atoms with Crippen molar-refractivity contribution in [3.05, 3.63) is 64.4 Å². The molecule has 102 valence electrons. The lowest BCUT2D eigenvalue weighted by Crippen LogP contribution is -2.07. The third-order valence-electron chi connectivity index (χ3n) is 2.49. The van der Waals surface area contributed by atoms with Gasteiger partial charge in [-0.2, -0.15) is 0 Å². The summed E-state index contributed by atoms with van der Waals surface area (Å²) >= 11 is 3.31. The van der Waals surface area contributed by atoms with Crippen molar-refractivity contribution in [1.82, 2.24) is 0 Å². The van der Waals surface area contributed by atoms with Crippen LogP contribution in [0.3, 0.4) is 0 Å². The van der Waals surface area contributed by atoms with E-state index in [-0.39, 0.29) is 5.91 Å². The van der Waals surface area contributed by atoms with Crippen LogP contribution in [0.4, 0.5) is 10.1 Å². The molecule has 0 spiro atoms. The molecule has 0 radical (unpaired) electrons. The Morgan fingerprint density at radius 1 is 1.25 bits per heavy atom. The maximum atomic E-state index is 12.9. The molecule has 2 rings (SSSR count). The zero-order valence-corrected chi connectivity index (χ0v) is 11.9. The van der Waals surface area contributed by atoms with Crippen molar-refractivity contribution in [3.8, 4) is 5.75 Å². The van der Waals surface area contributed by atoms with Gasteiger partial charge in [0.1, 0.15) is 0 Å². The fourth-order valence-electron chi connectivity index (χ4n) is 1.56. The van der Waals surface area contributed by atoms with Crippen LogP contribution in [0.2, 0.25) is 0 Å². The number of amides is 1. The van der Waals surface area contributed by atoms with Gasteiger partial charge in [-0.25, -0.2) is 4.39 Å². The average molecular weight is 336 g/mol. The molecule has 0 aromatic heterocycles. The molecule has 0 aliphatic heterocycles. The lowest BCUT2D eigenvalue weighted by atomic mass is 10.2. The first-order valence-corrected chi connectivity index (χ1v) is 6.57. The van der Waals surface area contributed by atoms with Gasteiger partial charge in [0, 0.05) is 16.2 Å². The maximum Gasteiger partial charge on any atom is 0.248 e. The zero-order valence-electron chi connectivity index (χ0n) is 10.3. The highest BCUT2D eigenvalue weighted by molar-refractivity contribution is 9.10. The van der Waals surface area contributed by atoms with E-state index in [9.17, 15) is 14.3 Å². The first-order chi connectivity index (χ1) is 9.54. The average Bonchev–Trinajstić information content (AvgIpc) is 2.40. The molecule has 0 bridgehead atoms. The molecule has 2 N–H and O–H groups in total. The molecule has 0 saturated carbocycles. The molecule has 3 nitrogen and oxygen atoms in total. The van der Waals surface area contributed by atoms with E-state index in [4.69, 9.17) is 0 Å². The number of carbonyl (C=O) groups excluding carboxylic acids is 1. The summed E-state index contributed by atoms with van der Waals surface area (Å²) in [6.45, 7) is 0. The summed E-state index contributed by atoms with van der Waals surface area (Å²) in [7, 11) is 0. The molecule has 5 heteroatoms. The molecule has 2 aromatic carbocycles. The Hall–Kier alpha value is -2.14. The van der Waals surface area contributed by atoms with E-state index in [1.54, 1.807) is 18.2 Å². The van der Waals surface area contributed by atoms with Crippen molar-refractivity contribution in [1.29, 1.82) is 0 Å². The Kier molecular flexibility index (Phi) is 4.53. The molecule has 2 aromatic rings. The lowest BCUT2D eigenvalue weighted by molar-refractivity contribution is -0.111. The largest absolute Gasteiger partial charge is 0.505 e. The molecule has 0 fully saturated rings. The quantitative estimate of drug-likeness (QED) is 0.834. The third-order valence-corrected chi connectivity index (χ3v) is 2.98. The van der Waals surface area contributed by atoms with Gasteiger partial charge < -0.3 is 10.4 Å². The van der Waals surface area contributed by atoms with Gasteiger partial charge in [-0.1, -0.05) is 28.1 Å². The molecule has 0 heterocycles. The maximum absolute atomic E-state index is 12.9. The summed E-state index contributed by atoms with van der Waals surface area (Å²) < 4.78 is 13.7. The van der Waals surface area contributed by atoms with Crippen molar-refractivity contribution < 1.29 is 14.3 Å². The van der Waals surface area contributed by atoms with Gasteiger partial charge >= 0.3 is 0 Å². The van der Waals surface area contributed by atoms with Crippen LogP contribution in [-0.4, -0.2) is 11.0 Å². The van der Waals surface area contributed by atoms with E-state index in [1.807, 2.05) is 6.07 Å². The number of benzene rings is 2. The van der Waals surface area contributed by atoms with E-state index in [0.29, 0.717) is 11.3 Å².